The first kappa shape index (κ1) is 17.3. The highest BCUT2D eigenvalue weighted by Crippen LogP contribution is 1.79. The van der Waals surface area contributed by atoms with Crippen LogP contribution in [0.4, 0.5) is 0 Å². The minimum atomic E-state index is -0.234. The first-order valence-corrected chi connectivity index (χ1v) is 3.07. The van der Waals surface area contributed by atoms with Crippen molar-refractivity contribution >= 4 is 11.7 Å². The van der Waals surface area contributed by atoms with Crippen LogP contribution in [0, 0.1) is 0 Å². The minimum Gasteiger partial charge on any atom is -0.343 e. The van der Waals surface area contributed by atoms with Gasteiger partial charge in [0.25, 0.3) is 0 Å². The molecule has 0 saturated heterocycles. The van der Waals surface area contributed by atoms with Crippen molar-refractivity contribution in [2.24, 2.45) is 0 Å². The molecule has 12 heavy (non-hydrogen) atoms. The number of hydrogen-bond donors (Lipinski definition) is 2. The van der Waals surface area contributed by atoms with Crippen LogP contribution in [0.3, 0.4) is 0 Å². The lowest BCUT2D eigenvalue weighted by atomic mass is 10.3. The highest BCUT2D eigenvalue weighted by molar-refractivity contribution is 5.96. The first-order valence-electron chi connectivity index (χ1n) is 3.07. The highest BCUT2D eigenvalue weighted by atomic mass is 16.2. The molecule has 0 heterocycles. The quantitative estimate of drug-likeness (QED) is 0.485. The van der Waals surface area contributed by atoms with E-state index in [9.17, 15) is 9.59 Å². The van der Waals surface area contributed by atoms with Crippen molar-refractivity contribution in [3.05, 3.63) is 0 Å². The van der Waals surface area contributed by atoms with Gasteiger partial charge in [0, 0.05) is 0 Å². The summed E-state index contributed by atoms with van der Waals surface area (Å²) in [6.45, 7) is 1.80. The van der Waals surface area contributed by atoms with Crippen LogP contribution in [0.5, 0.6) is 0 Å². The van der Waals surface area contributed by atoms with Crippen molar-refractivity contribution in [2.45, 2.75) is 28.2 Å². The van der Waals surface area contributed by atoms with E-state index in [0.717, 1.165) is 0 Å². The summed E-state index contributed by atoms with van der Waals surface area (Å²) in [6.07, 6.45) is -0.0261. The van der Waals surface area contributed by atoms with E-state index in [1.165, 1.54) is 6.92 Å². The minimum absolute atomic E-state index is 0. The smallest absolute Gasteiger partial charge is 0.228 e. The van der Waals surface area contributed by atoms with E-state index in [1.807, 2.05) is 0 Å². The summed E-state index contributed by atoms with van der Waals surface area (Å²) in [5.74, 6) is -0.351. The van der Waals surface area contributed by atoms with Crippen molar-refractivity contribution in [1.29, 1.82) is 0 Å². The number of ketones is 1. The van der Waals surface area contributed by atoms with Crippen LogP contribution in [0.15, 0.2) is 0 Å². The lowest BCUT2D eigenvalue weighted by Crippen LogP contribution is -2.32. The third-order valence-electron chi connectivity index (χ3n) is 0.872. The monoisotopic (exact) mass is 176 g/mol. The molecule has 0 unspecified atom stereocenters. The molecule has 0 rings (SSSR count). The normalized spacial score (nSPS) is 7.50. The van der Waals surface area contributed by atoms with Crippen LogP contribution in [0.1, 0.15) is 28.2 Å². The van der Waals surface area contributed by atoms with Gasteiger partial charge in [-0.2, -0.15) is 0 Å². The van der Waals surface area contributed by atoms with Gasteiger partial charge in [-0.25, -0.2) is 0 Å². The second-order valence-corrected chi connectivity index (χ2v) is 2.01. The van der Waals surface area contributed by atoms with Gasteiger partial charge in [0.15, 0.2) is 0 Å². The molecule has 0 atom stereocenters. The molecule has 0 saturated carbocycles. The molecular formula is C8H20N2O2. The van der Waals surface area contributed by atoms with Crippen molar-refractivity contribution in [1.82, 2.24) is 10.6 Å². The lowest BCUT2D eigenvalue weighted by Gasteiger charge is -2.00. The summed E-state index contributed by atoms with van der Waals surface area (Å²) in [7, 11) is 1.72. The molecule has 0 aromatic carbocycles. The molecule has 2 N–H and O–H groups in total. The average Bonchev–Trinajstić information content (AvgIpc) is 1.82. The lowest BCUT2D eigenvalue weighted by molar-refractivity contribution is -0.127. The van der Waals surface area contributed by atoms with Gasteiger partial charge in [-0.3, -0.25) is 9.59 Å². The molecule has 4 nitrogen and oxygen atoms in total. The SMILES string of the molecule is C.C.CNCNC(=O)CC(C)=O. The summed E-state index contributed by atoms with van der Waals surface area (Å²) in [5, 5.41) is 5.22. The molecule has 0 aliphatic carbocycles. The molecule has 0 radical (unpaired) electrons. The molecule has 0 aliphatic rings. The van der Waals surface area contributed by atoms with Crippen molar-refractivity contribution < 1.29 is 9.59 Å². The predicted octanol–water partition coefficient (Wildman–Crippen LogP) is 0.531. The van der Waals surface area contributed by atoms with Gasteiger partial charge in [-0.1, -0.05) is 14.9 Å². The van der Waals surface area contributed by atoms with Gasteiger partial charge < -0.3 is 10.6 Å². The van der Waals surface area contributed by atoms with Gasteiger partial charge >= 0.3 is 0 Å². The Hall–Kier alpha value is -0.900. The average molecular weight is 176 g/mol. The summed E-state index contributed by atoms with van der Waals surface area (Å²) in [4.78, 5) is 21.0. The van der Waals surface area contributed by atoms with E-state index in [4.69, 9.17) is 0 Å². The Kier molecular flexibility index (Phi) is 14.5. The van der Waals surface area contributed by atoms with Crippen LogP contribution < -0.4 is 10.6 Å². The van der Waals surface area contributed by atoms with Gasteiger partial charge in [0.1, 0.15) is 5.78 Å². The molecule has 0 bridgehead atoms. The Morgan fingerprint density at radius 2 is 1.75 bits per heavy atom. The Balaban J connectivity index is -0.000000405. The molecule has 4 heteroatoms. The van der Waals surface area contributed by atoms with Gasteiger partial charge in [0.05, 0.1) is 13.1 Å². The second-order valence-electron chi connectivity index (χ2n) is 2.01. The number of carbonyl (C=O) groups is 2. The van der Waals surface area contributed by atoms with Crippen LogP contribution in [0.2, 0.25) is 0 Å². The second kappa shape index (κ2) is 10.1. The number of carbonyl (C=O) groups excluding carboxylic acids is 2. The summed E-state index contributed by atoms with van der Waals surface area (Å²) < 4.78 is 0. The van der Waals surface area contributed by atoms with Crippen LogP contribution in [0.25, 0.3) is 0 Å². The van der Waals surface area contributed by atoms with Gasteiger partial charge in [-0.05, 0) is 14.0 Å². The molecule has 0 spiro atoms. The summed E-state index contributed by atoms with van der Waals surface area (Å²) >= 11 is 0. The fraction of sp³-hybridized carbons (Fsp3) is 0.750. The molecule has 0 aliphatic heterocycles. The molecule has 0 aromatic rings. The first-order chi connectivity index (χ1) is 4.66. The number of rotatable bonds is 4. The van der Waals surface area contributed by atoms with Gasteiger partial charge in [0.2, 0.25) is 5.91 Å². The fourth-order valence-corrected chi connectivity index (χ4v) is 0.476. The number of Topliss-reactive ketones (excluding diaryl/α,β-unsaturated/α-hetero) is 1. The molecule has 1 amide bonds. The summed E-state index contributed by atoms with van der Waals surface area (Å²) in [6, 6.07) is 0. The zero-order valence-electron chi connectivity index (χ0n) is 6.23. The Morgan fingerprint density at radius 3 is 2.08 bits per heavy atom. The molecule has 0 aromatic heterocycles. The van der Waals surface area contributed by atoms with E-state index in [0.29, 0.717) is 6.67 Å². The van der Waals surface area contributed by atoms with E-state index in [2.05, 4.69) is 10.6 Å². The molecule has 0 fully saturated rings. The topological polar surface area (TPSA) is 58.2 Å². The van der Waals surface area contributed by atoms with E-state index in [1.54, 1.807) is 7.05 Å². The van der Waals surface area contributed by atoms with Crippen molar-refractivity contribution in [3.63, 3.8) is 0 Å². The maximum absolute atomic E-state index is 10.6. The molecular weight excluding hydrogens is 156 g/mol. The van der Waals surface area contributed by atoms with Crippen LogP contribution >= 0.6 is 0 Å². The maximum Gasteiger partial charge on any atom is 0.228 e. The Bertz CT molecular complexity index is 135. The maximum atomic E-state index is 10.6. The third-order valence-corrected chi connectivity index (χ3v) is 0.872. The Morgan fingerprint density at radius 1 is 1.25 bits per heavy atom. The Labute approximate surface area is 74.7 Å². The number of hydrogen-bond acceptors (Lipinski definition) is 3. The summed E-state index contributed by atoms with van der Waals surface area (Å²) in [5.41, 5.74) is 0. The predicted molar refractivity (Wildman–Crippen MR) is 50.8 cm³/mol. The van der Waals surface area contributed by atoms with Gasteiger partial charge in [-0.15, -0.1) is 0 Å². The zero-order chi connectivity index (χ0) is 7.98. The van der Waals surface area contributed by atoms with Crippen molar-refractivity contribution in [2.75, 3.05) is 13.7 Å². The van der Waals surface area contributed by atoms with Crippen molar-refractivity contribution in [3.8, 4) is 0 Å². The van der Waals surface area contributed by atoms with Crippen LogP contribution in [-0.4, -0.2) is 25.4 Å². The fourth-order valence-electron chi connectivity index (χ4n) is 0.476. The molecule has 74 valence electrons. The van der Waals surface area contributed by atoms with Crippen LogP contribution in [-0.2, 0) is 9.59 Å². The largest absolute Gasteiger partial charge is 0.343 e. The number of nitrogens with one attached hydrogen (secondary N) is 2. The third kappa shape index (κ3) is 11.8. The van der Waals surface area contributed by atoms with E-state index >= 15 is 0 Å². The zero-order valence-corrected chi connectivity index (χ0v) is 6.23. The van der Waals surface area contributed by atoms with E-state index in [-0.39, 0.29) is 33.0 Å². The number of amides is 1. The van der Waals surface area contributed by atoms with E-state index < -0.39 is 0 Å². The standard InChI is InChI=1S/C6H12N2O2.2CH4/c1-5(9)3-6(10)8-4-7-2;;/h7H,3-4H2,1-2H3,(H,8,10);2*1H4. The highest BCUT2D eigenvalue weighted by Gasteiger charge is 2.01.